The Morgan fingerprint density at radius 1 is 0.939 bits per heavy atom. The molecule has 33 heavy (non-hydrogen) atoms. The van der Waals surface area contributed by atoms with E-state index < -0.39 is 0 Å². The molecule has 0 spiro atoms. The van der Waals surface area contributed by atoms with Gasteiger partial charge in [0.15, 0.2) is 0 Å². The Labute approximate surface area is 196 Å². The second-order valence-corrected chi connectivity index (χ2v) is 9.35. The third-order valence-corrected chi connectivity index (χ3v) is 7.42. The molecular formula is C25H35N7O. The van der Waals surface area contributed by atoms with Crippen LogP contribution in [0.2, 0.25) is 0 Å². The van der Waals surface area contributed by atoms with E-state index in [1.54, 1.807) is 0 Å². The number of nitrogens with zero attached hydrogens (tertiary/aromatic N) is 6. The highest BCUT2D eigenvalue weighted by Gasteiger charge is 2.30. The summed E-state index contributed by atoms with van der Waals surface area (Å²) < 4.78 is 0. The molecular weight excluding hydrogens is 414 g/mol. The Kier molecular flexibility index (Phi) is 6.73. The number of carbonyl (C=O) groups is 1. The van der Waals surface area contributed by atoms with Crippen LogP contribution in [0.4, 0.5) is 11.5 Å². The molecule has 1 saturated carbocycles. The summed E-state index contributed by atoms with van der Waals surface area (Å²) in [5.74, 6) is 1.19. The maximum absolute atomic E-state index is 12.8. The second-order valence-electron chi connectivity index (χ2n) is 9.35. The minimum atomic E-state index is 0.283. The minimum Gasteiger partial charge on any atom is -0.388 e. The summed E-state index contributed by atoms with van der Waals surface area (Å²) in [7, 11) is 1.91. The minimum absolute atomic E-state index is 0.283. The number of piperazine rings is 2. The van der Waals surface area contributed by atoms with Gasteiger partial charge < -0.3 is 15.1 Å². The number of benzene rings is 1. The van der Waals surface area contributed by atoms with Crippen LogP contribution >= 0.6 is 0 Å². The molecule has 2 aromatic rings. The summed E-state index contributed by atoms with van der Waals surface area (Å²) in [6.45, 7) is 7.87. The van der Waals surface area contributed by atoms with Gasteiger partial charge in [-0.05, 0) is 25.0 Å². The van der Waals surface area contributed by atoms with E-state index in [1.165, 1.54) is 19.3 Å². The summed E-state index contributed by atoms with van der Waals surface area (Å²) in [4.78, 5) is 31.3. The van der Waals surface area contributed by atoms with Gasteiger partial charge in [0.1, 0.15) is 5.82 Å². The van der Waals surface area contributed by atoms with Crippen LogP contribution in [-0.4, -0.2) is 103 Å². The molecule has 2 aliphatic heterocycles. The summed E-state index contributed by atoms with van der Waals surface area (Å²) >= 11 is 0. The van der Waals surface area contributed by atoms with E-state index in [0.29, 0.717) is 6.54 Å². The molecule has 0 atom stereocenters. The maximum Gasteiger partial charge on any atom is 0.236 e. The third kappa shape index (κ3) is 5.12. The summed E-state index contributed by atoms with van der Waals surface area (Å²) in [6.07, 6.45) is 7.77. The first kappa shape index (κ1) is 22.1. The number of anilines is 2. The molecule has 1 aromatic heterocycles. The number of hydrogen-bond donors (Lipinski definition) is 1. The maximum atomic E-state index is 12.8. The summed E-state index contributed by atoms with van der Waals surface area (Å²) in [5.41, 5.74) is 3.02. The number of amides is 1. The van der Waals surface area contributed by atoms with Gasteiger partial charge in [0.2, 0.25) is 5.91 Å². The van der Waals surface area contributed by atoms with Gasteiger partial charge in [-0.15, -0.1) is 0 Å². The summed E-state index contributed by atoms with van der Waals surface area (Å²) in [6, 6.07) is 8.97. The smallest absolute Gasteiger partial charge is 0.236 e. The van der Waals surface area contributed by atoms with Crippen molar-refractivity contribution in [2.45, 2.75) is 25.3 Å². The molecule has 0 bridgehead atoms. The van der Waals surface area contributed by atoms with Gasteiger partial charge in [-0.1, -0.05) is 18.6 Å². The highest BCUT2D eigenvalue weighted by molar-refractivity contribution is 5.78. The monoisotopic (exact) mass is 449 g/mol. The molecule has 3 heterocycles. The lowest BCUT2D eigenvalue weighted by Gasteiger charge is -2.43. The first-order chi connectivity index (χ1) is 16.2. The van der Waals surface area contributed by atoms with Gasteiger partial charge in [-0.25, -0.2) is 4.98 Å². The summed E-state index contributed by atoms with van der Waals surface area (Å²) in [5, 5.41) is 3.13. The van der Waals surface area contributed by atoms with Crippen LogP contribution in [-0.2, 0) is 4.79 Å². The highest BCUT2D eigenvalue weighted by atomic mass is 16.2. The SMILES string of the molecule is CNc1ccc(-c2cnc(N3CCN(CC(=O)N4CCN(C5CCC5)CC4)CC3)cn2)cc1. The normalized spacial score (nSPS) is 20.5. The molecule has 1 amide bonds. The molecule has 0 radical (unpaired) electrons. The Morgan fingerprint density at radius 2 is 1.67 bits per heavy atom. The van der Waals surface area contributed by atoms with Gasteiger partial charge in [0, 0.05) is 76.7 Å². The lowest BCUT2D eigenvalue weighted by molar-refractivity contribution is -0.134. The van der Waals surface area contributed by atoms with E-state index in [2.05, 4.69) is 47.0 Å². The number of hydrogen-bond acceptors (Lipinski definition) is 7. The Hall–Kier alpha value is -2.71. The van der Waals surface area contributed by atoms with Crippen LogP contribution in [0.5, 0.6) is 0 Å². The molecule has 5 rings (SSSR count). The van der Waals surface area contributed by atoms with Crippen molar-refractivity contribution in [1.82, 2.24) is 24.7 Å². The fourth-order valence-electron chi connectivity index (χ4n) is 4.96. The van der Waals surface area contributed by atoms with Gasteiger partial charge in [-0.2, -0.15) is 0 Å². The van der Waals surface area contributed by atoms with Gasteiger partial charge in [0.05, 0.1) is 24.6 Å². The molecule has 176 valence electrons. The second kappa shape index (κ2) is 10.1. The average Bonchev–Trinajstić information content (AvgIpc) is 2.84. The molecule has 1 aromatic carbocycles. The van der Waals surface area contributed by atoms with Crippen molar-refractivity contribution in [3.63, 3.8) is 0 Å². The van der Waals surface area contributed by atoms with Crippen molar-refractivity contribution >= 4 is 17.4 Å². The number of aromatic nitrogens is 2. The lowest BCUT2D eigenvalue weighted by atomic mass is 9.91. The lowest BCUT2D eigenvalue weighted by Crippen LogP contribution is -2.56. The Bertz CT molecular complexity index is 913. The van der Waals surface area contributed by atoms with E-state index >= 15 is 0 Å². The molecule has 0 unspecified atom stereocenters. The first-order valence-corrected chi connectivity index (χ1v) is 12.3. The molecule has 1 N–H and O–H groups in total. The molecule has 8 nitrogen and oxygen atoms in total. The van der Waals surface area contributed by atoms with Crippen molar-refractivity contribution < 1.29 is 4.79 Å². The van der Waals surface area contributed by atoms with E-state index in [0.717, 1.165) is 81.2 Å². The number of carbonyl (C=O) groups excluding carboxylic acids is 1. The third-order valence-electron chi connectivity index (χ3n) is 7.42. The zero-order valence-electron chi connectivity index (χ0n) is 19.6. The van der Waals surface area contributed by atoms with E-state index in [-0.39, 0.29) is 5.91 Å². The first-order valence-electron chi connectivity index (χ1n) is 12.3. The zero-order chi connectivity index (χ0) is 22.6. The fourth-order valence-corrected chi connectivity index (χ4v) is 4.96. The van der Waals surface area contributed by atoms with Crippen molar-refractivity contribution in [3.8, 4) is 11.3 Å². The van der Waals surface area contributed by atoms with Crippen molar-refractivity contribution in [2.24, 2.45) is 0 Å². The van der Waals surface area contributed by atoms with E-state index in [9.17, 15) is 4.79 Å². The Balaban J connectivity index is 1.08. The molecule has 3 aliphatic rings. The van der Waals surface area contributed by atoms with Crippen LogP contribution in [0.25, 0.3) is 11.3 Å². The van der Waals surface area contributed by atoms with Crippen LogP contribution in [0.1, 0.15) is 19.3 Å². The molecule has 3 fully saturated rings. The van der Waals surface area contributed by atoms with Gasteiger partial charge in [-0.3, -0.25) is 19.6 Å². The quantitative estimate of drug-likeness (QED) is 0.724. The van der Waals surface area contributed by atoms with E-state index in [1.807, 2.05) is 31.6 Å². The topological polar surface area (TPSA) is 67.8 Å². The molecule has 8 heteroatoms. The standard InChI is InChI=1S/C25H35N7O/c1-26-21-7-5-20(6-8-21)23-17-28-24(18-27-23)31-11-9-29(10-12-31)19-25(33)32-15-13-30(14-16-32)22-3-2-4-22/h5-8,17-18,22,26H,2-4,9-16,19H2,1H3. The zero-order valence-corrected chi connectivity index (χ0v) is 19.6. The van der Waals surface area contributed by atoms with Gasteiger partial charge in [0.25, 0.3) is 0 Å². The number of nitrogens with one attached hydrogen (secondary N) is 1. The van der Waals surface area contributed by atoms with Crippen molar-refractivity contribution in [3.05, 3.63) is 36.7 Å². The molecule has 2 saturated heterocycles. The Morgan fingerprint density at radius 3 is 2.24 bits per heavy atom. The van der Waals surface area contributed by atoms with Gasteiger partial charge >= 0.3 is 0 Å². The van der Waals surface area contributed by atoms with Crippen LogP contribution in [0.3, 0.4) is 0 Å². The number of rotatable bonds is 6. The average molecular weight is 450 g/mol. The van der Waals surface area contributed by atoms with Crippen LogP contribution < -0.4 is 10.2 Å². The van der Waals surface area contributed by atoms with Crippen LogP contribution in [0.15, 0.2) is 36.7 Å². The predicted octanol–water partition coefficient (Wildman–Crippen LogP) is 2.00. The van der Waals surface area contributed by atoms with Crippen molar-refractivity contribution in [1.29, 1.82) is 0 Å². The predicted molar refractivity (Wildman–Crippen MR) is 131 cm³/mol. The highest BCUT2D eigenvalue weighted by Crippen LogP contribution is 2.25. The molecule has 1 aliphatic carbocycles. The fraction of sp³-hybridized carbons (Fsp3) is 0.560. The largest absolute Gasteiger partial charge is 0.388 e. The van der Waals surface area contributed by atoms with Crippen LogP contribution in [0, 0.1) is 0 Å². The van der Waals surface area contributed by atoms with Crippen molar-refractivity contribution in [2.75, 3.05) is 76.2 Å². The van der Waals surface area contributed by atoms with E-state index in [4.69, 9.17) is 0 Å².